The molecule has 216 valence electrons. The molecule has 0 aliphatic carbocycles. The van der Waals surface area contributed by atoms with Gasteiger partial charge in [0.05, 0.1) is 78.5 Å². The number of quaternary nitrogens is 3. The van der Waals surface area contributed by atoms with Crippen molar-refractivity contribution < 1.29 is 69.5 Å². The molecule has 1 unspecified atom stereocenters. The Morgan fingerprint density at radius 2 is 0.778 bits per heavy atom. The van der Waals surface area contributed by atoms with Gasteiger partial charge in [-0.15, -0.1) is 0 Å². The fraction of sp³-hybridized carbons (Fsp3) is 0.793. The van der Waals surface area contributed by atoms with Crippen LogP contribution >= 0.6 is 0 Å². The van der Waals surface area contributed by atoms with Crippen LogP contribution in [0.4, 0.5) is 0 Å². The highest BCUT2D eigenvalue weighted by Crippen LogP contribution is 2.42. The molecule has 1 atom stereocenters. The second-order valence-corrected chi connectivity index (χ2v) is 10.5. The van der Waals surface area contributed by atoms with Gasteiger partial charge in [-0.3, -0.25) is 0 Å². The molecular weight excluding hydrogens is 646 g/mol. The van der Waals surface area contributed by atoms with Crippen molar-refractivity contribution in [2.24, 2.45) is 5.41 Å². The van der Waals surface area contributed by atoms with Crippen LogP contribution in [-0.4, -0.2) is 97.1 Å². The zero-order valence-electron chi connectivity index (χ0n) is 24.9. The van der Waals surface area contributed by atoms with Gasteiger partial charge in [0.1, 0.15) is 11.5 Å². The molecule has 0 radical (unpaired) electrons. The molecule has 0 amide bonds. The van der Waals surface area contributed by atoms with Crippen LogP contribution in [0.3, 0.4) is 0 Å². The fourth-order valence-electron chi connectivity index (χ4n) is 6.42. The quantitative estimate of drug-likeness (QED) is 0.166. The molecule has 7 heteroatoms. The van der Waals surface area contributed by atoms with Crippen molar-refractivity contribution in [3.63, 3.8) is 0 Å². The molecule has 1 rings (SSSR count). The number of rotatable bonds is 17. The summed E-state index contributed by atoms with van der Waals surface area (Å²) in [5, 5.41) is 12.4. The van der Waals surface area contributed by atoms with Crippen molar-refractivity contribution in [3.05, 3.63) is 35.9 Å². The summed E-state index contributed by atoms with van der Waals surface area (Å²) in [6.45, 7) is 34.2. The Bertz CT molecular complexity index is 583. The molecule has 4 nitrogen and oxygen atoms in total. The van der Waals surface area contributed by atoms with E-state index in [1.807, 2.05) is 0 Å². The lowest BCUT2D eigenvalue weighted by Gasteiger charge is -2.53. The highest BCUT2D eigenvalue weighted by molar-refractivity contribution is 5.20. The maximum Gasteiger partial charge on any atom is 0.147 e. The van der Waals surface area contributed by atoms with Gasteiger partial charge in [-0.25, -0.2) is 0 Å². The molecule has 36 heavy (non-hydrogen) atoms. The monoisotopic (exact) mass is 701 g/mol. The van der Waals surface area contributed by atoms with Crippen molar-refractivity contribution in [2.75, 3.05) is 78.5 Å². The fourth-order valence-corrected chi connectivity index (χ4v) is 6.42. The second kappa shape index (κ2) is 18.7. The molecule has 0 bridgehead atoms. The summed E-state index contributed by atoms with van der Waals surface area (Å²) in [6, 6.07) is 10.5. The van der Waals surface area contributed by atoms with Gasteiger partial charge in [0.15, 0.2) is 0 Å². The largest absolute Gasteiger partial charge is 1.00 e. The normalized spacial score (nSPS) is 13.3. The SMILES string of the molecule is CC[N+](CC)(CC)CC(C[N+](CC)(CC)CC)(C[N+](CC)(CC)CC)C(O)c1ccccc1.[Br-].[Br-].[Br-]. The highest BCUT2D eigenvalue weighted by atomic mass is 79.9. The van der Waals surface area contributed by atoms with Crippen molar-refractivity contribution in [1.29, 1.82) is 0 Å². The predicted octanol–water partition coefficient (Wildman–Crippen LogP) is -3.65. The lowest BCUT2D eigenvalue weighted by molar-refractivity contribution is -0.975. The first-order chi connectivity index (χ1) is 15.7. The Morgan fingerprint density at radius 3 is 1.00 bits per heavy atom. The van der Waals surface area contributed by atoms with Crippen LogP contribution < -0.4 is 50.9 Å². The summed E-state index contributed by atoms with van der Waals surface area (Å²) in [6.07, 6.45) is -0.467. The van der Waals surface area contributed by atoms with Crippen LogP contribution in [0, 0.1) is 5.41 Å². The third kappa shape index (κ3) is 9.60. The first-order valence-electron chi connectivity index (χ1n) is 14.0. The number of nitrogens with zero attached hydrogens (tertiary/aromatic N) is 3. The average Bonchev–Trinajstić information content (AvgIpc) is 2.89. The Kier molecular flexibility index (Phi) is 21.3. The molecule has 0 heterocycles. The van der Waals surface area contributed by atoms with E-state index >= 15 is 0 Å². The van der Waals surface area contributed by atoms with Gasteiger partial charge in [0.25, 0.3) is 0 Å². The Morgan fingerprint density at radius 1 is 0.528 bits per heavy atom. The van der Waals surface area contributed by atoms with Gasteiger partial charge in [-0.05, 0) is 67.9 Å². The van der Waals surface area contributed by atoms with Gasteiger partial charge < -0.3 is 69.5 Å². The van der Waals surface area contributed by atoms with E-state index in [4.69, 9.17) is 0 Å². The summed E-state index contributed by atoms with van der Waals surface area (Å²) in [7, 11) is 0. The third-order valence-electron chi connectivity index (χ3n) is 9.68. The van der Waals surface area contributed by atoms with Crippen molar-refractivity contribution in [3.8, 4) is 0 Å². The lowest BCUT2D eigenvalue weighted by Crippen LogP contribution is -3.00. The highest BCUT2D eigenvalue weighted by Gasteiger charge is 2.54. The van der Waals surface area contributed by atoms with Crippen LogP contribution in [0.1, 0.15) is 74.0 Å². The summed E-state index contributed by atoms with van der Waals surface area (Å²) in [4.78, 5) is 0. The molecule has 0 aliphatic heterocycles. The molecule has 1 aromatic rings. The van der Waals surface area contributed by atoms with E-state index < -0.39 is 6.10 Å². The van der Waals surface area contributed by atoms with Gasteiger partial charge in [-0.1, -0.05) is 30.3 Å². The van der Waals surface area contributed by atoms with Crippen molar-refractivity contribution >= 4 is 0 Å². The van der Waals surface area contributed by atoms with Gasteiger partial charge in [0.2, 0.25) is 0 Å². The standard InChI is InChI=1S/C29H58N3O.3BrH/c1-10-30(11-2,12-3)24-29(25-31(13-4,14-5)15-6,26-32(16-7,17-8)18-9)28(33)27-22-20-19-21-23-27;;;/h19-23,28,33H,10-18,24-26H2,1-9H3;3*1H/q+3;;;/p-3. The molecule has 0 saturated carbocycles. The maximum absolute atomic E-state index is 12.4. The zero-order chi connectivity index (χ0) is 25.2. The van der Waals surface area contributed by atoms with E-state index in [2.05, 4.69) is 92.6 Å². The van der Waals surface area contributed by atoms with Crippen LogP contribution in [0.2, 0.25) is 0 Å². The minimum Gasteiger partial charge on any atom is -1.00 e. The summed E-state index contributed by atoms with van der Waals surface area (Å²) in [5.41, 5.74) is 0.884. The maximum atomic E-state index is 12.4. The number of hydrogen-bond acceptors (Lipinski definition) is 1. The molecule has 0 aliphatic rings. The van der Waals surface area contributed by atoms with Gasteiger partial charge in [-0.2, -0.15) is 0 Å². The minimum atomic E-state index is -0.467. The number of halogens is 3. The first-order valence-corrected chi connectivity index (χ1v) is 14.0. The van der Waals surface area contributed by atoms with Crippen LogP contribution in [-0.2, 0) is 0 Å². The van der Waals surface area contributed by atoms with Crippen molar-refractivity contribution in [1.82, 2.24) is 0 Å². The first kappa shape index (κ1) is 41.0. The number of aliphatic hydroxyl groups is 1. The molecule has 0 aromatic heterocycles. The summed E-state index contributed by atoms with van der Waals surface area (Å²) < 4.78 is 3.20. The van der Waals surface area contributed by atoms with Gasteiger partial charge in [0, 0.05) is 0 Å². The predicted molar refractivity (Wildman–Crippen MR) is 144 cm³/mol. The summed E-state index contributed by atoms with van der Waals surface area (Å²) >= 11 is 0. The van der Waals surface area contributed by atoms with Crippen LogP contribution in [0.5, 0.6) is 0 Å². The van der Waals surface area contributed by atoms with Gasteiger partial charge >= 0.3 is 0 Å². The molecule has 1 aromatic carbocycles. The topological polar surface area (TPSA) is 20.2 Å². The lowest BCUT2D eigenvalue weighted by atomic mass is 9.74. The van der Waals surface area contributed by atoms with E-state index in [9.17, 15) is 5.11 Å². The zero-order valence-corrected chi connectivity index (χ0v) is 29.6. The Hall–Kier alpha value is 0.500. The van der Waals surface area contributed by atoms with E-state index in [0.717, 1.165) is 97.5 Å². The Labute approximate surface area is 256 Å². The minimum absolute atomic E-state index is 0. The molecule has 1 N–H and O–H groups in total. The molecule has 0 fully saturated rings. The smallest absolute Gasteiger partial charge is 0.147 e. The molecular formula is C29H58Br3N3O. The van der Waals surface area contributed by atoms with E-state index in [1.54, 1.807) is 0 Å². The number of benzene rings is 1. The van der Waals surface area contributed by atoms with Crippen molar-refractivity contribution in [2.45, 2.75) is 68.4 Å². The van der Waals surface area contributed by atoms with E-state index in [0.29, 0.717) is 0 Å². The number of hydrogen-bond donors (Lipinski definition) is 1. The van der Waals surface area contributed by atoms with Crippen LogP contribution in [0.15, 0.2) is 30.3 Å². The average molecular weight is 705 g/mol. The Balaban J connectivity index is -0.00000363. The van der Waals surface area contributed by atoms with E-state index in [1.165, 1.54) is 0 Å². The second-order valence-electron chi connectivity index (χ2n) is 10.5. The third-order valence-corrected chi connectivity index (χ3v) is 9.68. The number of aliphatic hydroxyl groups excluding tert-OH is 1. The van der Waals surface area contributed by atoms with Crippen LogP contribution in [0.25, 0.3) is 0 Å². The summed E-state index contributed by atoms with van der Waals surface area (Å²) in [5.74, 6) is 0. The molecule has 0 saturated heterocycles. The van der Waals surface area contributed by atoms with E-state index in [-0.39, 0.29) is 56.4 Å². The molecule has 0 spiro atoms.